The van der Waals surface area contributed by atoms with Crippen LogP contribution in [0.25, 0.3) is 0 Å². The number of benzene rings is 1. The Labute approximate surface area is 119 Å². The molecule has 1 aromatic carbocycles. The molecule has 0 saturated heterocycles. The number of nitrogen functional groups attached to an aromatic ring is 1. The standard InChI is InChI=1S/C10H8Cl2N4O2S/c11-6-2-1-3-7(13)10(6)19(17,18)16-9-4-8(12)14-5-15-9/h1-5H,13H2,(H,14,15,16). The second kappa shape index (κ2) is 5.20. The van der Waals surface area contributed by atoms with Crippen LogP contribution in [0.15, 0.2) is 35.5 Å². The maximum atomic E-state index is 12.2. The maximum absolute atomic E-state index is 12.2. The van der Waals surface area contributed by atoms with Gasteiger partial charge in [-0.3, -0.25) is 4.72 Å². The van der Waals surface area contributed by atoms with Crippen LogP contribution in [-0.4, -0.2) is 18.4 Å². The lowest BCUT2D eigenvalue weighted by molar-refractivity contribution is 0.601. The zero-order valence-electron chi connectivity index (χ0n) is 9.34. The van der Waals surface area contributed by atoms with Crippen molar-refractivity contribution in [2.75, 3.05) is 10.5 Å². The van der Waals surface area contributed by atoms with Gasteiger partial charge in [0, 0.05) is 6.07 Å². The molecule has 1 heterocycles. The van der Waals surface area contributed by atoms with E-state index in [1.165, 1.54) is 18.2 Å². The molecule has 19 heavy (non-hydrogen) atoms. The predicted octanol–water partition coefficient (Wildman–Crippen LogP) is 2.17. The highest BCUT2D eigenvalue weighted by atomic mass is 35.5. The van der Waals surface area contributed by atoms with Crippen molar-refractivity contribution in [2.45, 2.75) is 4.90 Å². The van der Waals surface area contributed by atoms with Gasteiger partial charge < -0.3 is 5.73 Å². The Morgan fingerprint density at radius 3 is 2.58 bits per heavy atom. The Morgan fingerprint density at radius 2 is 1.95 bits per heavy atom. The van der Waals surface area contributed by atoms with Crippen LogP contribution < -0.4 is 10.5 Å². The van der Waals surface area contributed by atoms with E-state index in [0.717, 1.165) is 6.33 Å². The van der Waals surface area contributed by atoms with Gasteiger partial charge in [-0.1, -0.05) is 29.3 Å². The summed E-state index contributed by atoms with van der Waals surface area (Å²) in [6, 6.07) is 5.69. The van der Waals surface area contributed by atoms with E-state index < -0.39 is 10.0 Å². The summed E-state index contributed by atoms with van der Waals surface area (Å²) in [5.41, 5.74) is 5.67. The normalized spacial score (nSPS) is 11.3. The minimum Gasteiger partial charge on any atom is -0.398 e. The molecule has 1 aromatic heterocycles. The van der Waals surface area contributed by atoms with E-state index in [0.29, 0.717) is 0 Å². The lowest BCUT2D eigenvalue weighted by Crippen LogP contribution is -2.16. The molecule has 3 N–H and O–H groups in total. The van der Waals surface area contributed by atoms with Crippen molar-refractivity contribution in [3.63, 3.8) is 0 Å². The van der Waals surface area contributed by atoms with Gasteiger partial charge in [-0.25, -0.2) is 18.4 Å². The minimum absolute atomic E-state index is 0.0210. The van der Waals surface area contributed by atoms with Crippen LogP contribution in [0.5, 0.6) is 0 Å². The average molecular weight is 319 g/mol. The first-order valence-electron chi connectivity index (χ1n) is 4.94. The number of halogens is 2. The van der Waals surface area contributed by atoms with Gasteiger partial charge in [-0.05, 0) is 12.1 Å². The molecule has 0 aliphatic heterocycles. The summed E-state index contributed by atoms with van der Waals surface area (Å²) in [6.07, 6.45) is 1.14. The van der Waals surface area contributed by atoms with Crippen LogP contribution in [-0.2, 0) is 10.0 Å². The molecule has 100 valence electrons. The fourth-order valence-electron chi connectivity index (χ4n) is 1.39. The third-order valence-electron chi connectivity index (χ3n) is 2.14. The molecule has 0 fully saturated rings. The third kappa shape index (κ3) is 3.06. The molecule has 6 nitrogen and oxygen atoms in total. The number of rotatable bonds is 3. The number of hydrogen-bond donors (Lipinski definition) is 2. The Bertz CT molecular complexity index is 701. The van der Waals surface area contributed by atoms with Crippen LogP contribution in [0.1, 0.15) is 0 Å². The molecule has 0 amide bonds. The van der Waals surface area contributed by atoms with Crippen LogP contribution in [0.3, 0.4) is 0 Å². The van der Waals surface area contributed by atoms with Gasteiger partial charge in [0.1, 0.15) is 22.2 Å². The predicted molar refractivity (Wildman–Crippen MR) is 73.7 cm³/mol. The van der Waals surface area contributed by atoms with Crippen molar-refractivity contribution in [2.24, 2.45) is 0 Å². The van der Waals surface area contributed by atoms with E-state index in [4.69, 9.17) is 28.9 Å². The summed E-state index contributed by atoms with van der Waals surface area (Å²) in [4.78, 5) is 7.18. The Balaban J connectivity index is 2.44. The van der Waals surface area contributed by atoms with Crippen LogP contribution in [0.2, 0.25) is 10.2 Å². The smallest absolute Gasteiger partial charge is 0.266 e. The summed E-state index contributed by atoms with van der Waals surface area (Å²) in [7, 11) is -3.95. The molecule has 0 atom stereocenters. The van der Waals surface area contributed by atoms with E-state index >= 15 is 0 Å². The third-order valence-corrected chi connectivity index (χ3v) is 4.24. The van der Waals surface area contributed by atoms with Crippen molar-refractivity contribution < 1.29 is 8.42 Å². The van der Waals surface area contributed by atoms with Crippen LogP contribution in [0.4, 0.5) is 11.5 Å². The van der Waals surface area contributed by atoms with Crippen molar-refractivity contribution in [3.05, 3.63) is 40.8 Å². The fraction of sp³-hybridized carbons (Fsp3) is 0. The van der Waals surface area contributed by atoms with Gasteiger partial charge in [0.2, 0.25) is 0 Å². The lowest BCUT2D eigenvalue weighted by Gasteiger charge is -2.10. The van der Waals surface area contributed by atoms with E-state index in [-0.39, 0.29) is 26.6 Å². The highest BCUT2D eigenvalue weighted by Crippen LogP contribution is 2.28. The molecular formula is C10H8Cl2N4O2S. The second-order valence-electron chi connectivity index (χ2n) is 3.49. The van der Waals surface area contributed by atoms with E-state index in [1.54, 1.807) is 6.07 Å². The molecule has 2 rings (SSSR count). The van der Waals surface area contributed by atoms with E-state index in [1.807, 2.05) is 0 Å². The lowest BCUT2D eigenvalue weighted by atomic mass is 10.3. The van der Waals surface area contributed by atoms with Gasteiger partial charge >= 0.3 is 0 Å². The molecular weight excluding hydrogens is 311 g/mol. The Kier molecular flexibility index (Phi) is 3.79. The molecule has 2 aromatic rings. The minimum atomic E-state index is -3.95. The van der Waals surface area contributed by atoms with Crippen molar-refractivity contribution >= 4 is 44.7 Å². The van der Waals surface area contributed by atoms with Crippen LogP contribution >= 0.6 is 23.2 Å². The van der Waals surface area contributed by atoms with Crippen molar-refractivity contribution in [1.29, 1.82) is 0 Å². The van der Waals surface area contributed by atoms with Crippen molar-refractivity contribution in [1.82, 2.24) is 9.97 Å². The molecule has 0 radical (unpaired) electrons. The number of nitrogens with two attached hydrogens (primary N) is 1. The van der Waals surface area contributed by atoms with E-state index in [9.17, 15) is 8.42 Å². The average Bonchev–Trinajstić information content (AvgIpc) is 2.27. The highest BCUT2D eigenvalue weighted by molar-refractivity contribution is 7.93. The summed E-state index contributed by atoms with van der Waals surface area (Å²) in [5.74, 6) is 0.0271. The summed E-state index contributed by atoms with van der Waals surface area (Å²) in [6.45, 7) is 0. The van der Waals surface area contributed by atoms with Gasteiger partial charge in [0.15, 0.2) is 0 Å². The van der Waals surface area contributed by atoms with Gasteiger partial charge in [0.05, 0.1) is 10.7 Å². The molecule has 0 aliphatic rings. The molecule has 0 bridgehead atoms. The first-order chi connectivity index (χ1) is 8.90. The first-order valence-corrected chi connectivity index (χ1v) is 7.18. The van der Waals surface area contributed by atoms with E-state index in [2.05, 4.69) is 14.7 Å². The Morgan fingerprint density at radius 1 is 1.21 bits per heavy atom. The summed E-state index contributed by atoms with van der Waals surface area (Å²) in [5, 5.41) is 0.132. The number of aromatic nitrogens is 2. The van der Waals surface area contributed by atoms with Crippen LogP contribution in [0, 0.1) is 0 Å². The SMILES string of the molecule is Nc1cccc(Cl)c1S(=O)(=O)Nc1cc(Cl)ncn1. The molecule has 9 heteroatoms. The molecule has 0 aliphatic carbocycles. The summed E-state index contributed by atoms with van der Waals surface area (Å²) < 4.78 is 26.6. The topological polar surface area (TPSA) is 98.0 Å². The molecule has 0 saturated carbocycles. The van der Waals surface area contributed by atoms with Gasteiger partial charge in [-0.15, -0.1) is 0 Å². The number of sulfonamides is 1. The van der Waals surface area contributed by atoms with Crippen molar-refractivity contribution in [3.8, 4) is 0 Å². The van der Waals surface area contributed by atoms with Gasteiger partial charge in [-0.2, -0.15) is 0 Å². The largest absolute Gasteiger partial charge is 0.398 e. The number of nitrogens with zero attached hydrogens (tertiary/aromatic N) is 2. The number of hydrogen-bond acceptors (Lipinski definition) is 5. The number of anilines is 2. The Hall–Kier alpha value is -1.57. The maximum Gasteiger partial charge on any atom is 0.266 e. The highest BCUT2D eigenvalue weighted by Gasteiger charge is 2.21. The zero-order valence-corrected chi connectivity index (χ0v) is 11.7. The van der Waals surface area contributed by atoms with Gasteiger partial charge in [0.25, 0.3) is 10.0 Å². The molecule has 0 spiro atoms. The fourth-order valence-corrected chi connectivity index (χ4v) is 3.21. The first kappa shape index (κ1) is 13.9. The zero-order chi connectivity index (χ0) is 14.0. The molecule has 0 unspecified atom stereocenters. The number of nitrogens with one attached hydrogen (secondary N) is 1. The second-order valence-corrected chi connectivity index (χ2v) is 5.90. The monoisotopic (exact) mass is 318 g/mol. The summed E-state index contributed by atoms with van der Waals surface area (Å²) >= 11 is 11.5. The quantitative estimate of drug-likeness (QED) is 0.667.